The third-order valence-electron chi connectivity index (χ3n) is 3.13. The van der Waals surface area contributed by atoms with Crippen molar-refractivity contribution in [3.05, 3.63) is 17.7 Å². The highest BCUT2D eigenvalue weighted by atomic mass is 19.1. The lowest BCUT2D eigenvalue weighted by molar-refractivity contribution is 0.260. The van der Waals surface area contributed by atoms with E-state index in [-0.39, 0.29) is 17.7 Å². The van der Waals surface area contributed by atoms with Crippen LogP contribution in [0.1, 0.15) is 12.8 Å². The van der Waals surface area contributed by atoms with E-state index in [1.807, 2.05) is 7.05 Å². The zero-order valence-corrected chi connectivity index (χ0v) is 10.6. The minimum atomic E-state index is -0.679. The smallest absolute Gasteiger partial charge is 0.168 e. The van der Waals surface area contributed by atoms with E-state index in [1.54, 1.807) is 7.05 Å². The van der Waals surface area contributed by atoms with Crippen molar-refractivity contribution in [2.24, 2.45) is 0 Å². The van der Waals surface area contributed by atoms with Crippen molar-refractivity contribution in [3.8, 4) is 0 Å². The number of rotatable bonds is 3. The Morgan fingerprint density at radius 2 is 2.06 bits per heavy atom. The van der Waals surface area contributed by atoms with Crippen LogP contribution in [-0.4, -0.2) is 43.1 Å². The summed E-state index contributed by atoms with van der Waals surface area (Å²) in [7, 11) is 3.59. The van der Waals surface area contributed by atoms with Crippen LogP contribution in [0.3, 0.4) is 0 Å². The quantitative estimate of drug-likeness (QED) is 0.866. The SMILES string of the molecule is CNc1nc(NC2CCCN(C)C2)c(F)cc1F. The maximum absolute atomic E-state index is 13.6. The van der Waals surface area contributed by atoms with E-state index in [2.05, 4.69) is 20.5 Å². The van der Waals surface area contributed by atoms with Gasteiger partial charge >= 0.3 is 0 Å². The number of halogens is 2. The molecule has 1 saturated heterocycles. The molecule has 100 valence electrons. The van der Waals surface area contributed by atoms with E-state index in [0.29, 0.717) is 0 Å². The molecule has 2 N–H and O–H groups in total. The molecule has 1 fully saturated rings. The molecular weight excluding hydrogens is 238 g/mol. The summed E-state index contributed by atoms with van der Waals surface area (Å²) in [6, 6.07) is 1.01. The van der Waals surface area contributed by atoms with Crippen LogP contribution in [0, 0.1) is 11.6 Å². The van der Waals surface area contributed by atoms with Crippen molar-refractivity contribution in [1.29, 1.82) is 0 Å². The molecule has 1 aliphatic heterocycles. The highest BCUT2D eigenvalue weighted by molar-refractivity contribution is 5.47. The average Bonchev–Trinajstić information content (AvgIpc) is 2.33. The van der Waals surface area contributed by atoms with Gasteiger partial charge in [-0.2, -0.15) is 0 Å². The van der Waals surface area contributed by atoms with Crippen LogP contribution in [-0.2, 0) is 0 Å². The van der Waals surface area contributed by atoms with Gasteiger partial charge in [0.2, 0.25) is 0 Å². The van der Waals surface area contributed by atoms with E-state index in [9.17, 15) is 8.78 Å². The predicted octanol–water partition coefficient (Wildman–Crippen LogP) is 1.91. The van der Waals surface area contributed by atoms with Crippen molar-refractivity contribution in [3.63, 3.8) is 0 Å². The minimum Gasteiger partial charge on any atom is -0.371 e. The maximum atomic E-state index is 13.6. The topological polar surface area (TPSA) is 40.2 Å². The summed E-state index contributed by atoms with van der Waals surface area (Å²) >= 11 is 0. The van der Waals surface area contributed by atoms with Gasteiger partial charge in [0.05, 0.1) is 0 Å². The summed E-state index contributed by atoms with van der Waals surface area (Å²) in [4.78, 5) is 6.10. The van der Waals surface area contributed by atoms with Crippen LogP contribution in [0.4, 0.5) is 20.4 Å². The monoisotopic (exact) mass is 256 g/mol. The minimum absolute atomic E-state index is 0.0584. The van der Waals surface area contributed by atoms with E-state index >= 15 is 0 Å². The molecule has 1 aliphatic rings. The highest BCUT2D eigenvalue weighted by Crippen LogP contribution is 2.21. The molecule has 0 amide bonds. The number of nitrogens with one attached hydrogen (secondary N) is 2. The van der Waals surface area contributed by atoms with Gasteiger partial charge in [0.15, 0.2) is 23.3 Å². The average molecular weight is 256 g/mol. The summed E-state index contributed by atoms with van der Waals surface area (Å²) in [5, 5.41) is 5.65. The third-order valence-corrected chi connectivity index (χ3v) is 3.13. The van der Waals surface area contributed by atoms with Gasteiger partial charge in [-0.1, -0.05) is 0 Å². The fourth-order valence-electron chi connectivity index (χ4n) is 2.22. The second-order valence-electron chi connectivity index (χ2n) is 4.64. The number of aromatic nitrogens is 1. The van der Waals surface area contributed by atoms with Gasteiger partial charge in [-0.05, 0) is 26.4 Å². The summed E-state index contributed by atoms with van der Waals surface area (Å²) in [5.74, 6) is -1.16. The number of hydrogen-bond donors (Lipinski definition) is 2. The molecule has 0 spiro atoms. The first kappa shape index (κ1) is 13.0. The number of hydrogen-bond acceptors (Lipinski definition) is 4. The van der Waals surface area contributed by atoms with E-state index in [0.717, 1.165) is 32.0 Å². The second kappa shape index (κ2) is 5.48. The summed E-state index contributed by atoms with van der Waals surface area (Å²) in [5.41, 5.74) is 0. The van der Waals surface area contributed by atoms with Crippen molar-refractivity contribution < 1.29 is 8.78 Å². The van der Waals surface area contributed by atoms with Crippen LogP contribution in [0.2, 0.25) is 0 Å². The number of likely N-dealkylation sites (tertiary alicyclic amines) is 1. The standard InChI is InChI=1S/C12H18F2N4/c1-15-11-9(13)6-10(14)12(17-11)16-8-4-3-5-18(2)7-8/h6,8H,3-5,7H2,1-2H3,(H2,15,16,17). The first-order valence-electron chi connectivity index (χ1n) is 6.09. The first-order valence-corrected chi connectivity index (χ1v) is 6.09. The van der Waals surface area contributed by atoms with Crippen molar-refractivity contribution in [2.75, 3.05) is 37.8 Å². The van der Waals surface area contributed by atoms with E-state index in [1.165, 1.54) is 0 Å². The molecule has 0 bridgehead atoms. The predicted molar refractivity (Wildman–Crippen MR) is 67.8 cm³/mol. The van der Waals surface area contributed by atoms with Gasteiger partial charge in [0.1, 0.15) is 0 Å². The second-order valence-corrected chi connectivity index (χ2v) is 4.64. The van der Waals surface area contributed by atoms with Crippen LogP contribution < -0.4 is 10.6 Å². The Morgan fingerprint density at radius 3 is 2.72 bits per heavy atom. The summed E-state index contributed by atoms with van der Waals surface area (Å²) in [6.07, 6.45) is 2.04. The molecule has 0 aliphatic carbocycles. The molecule has 18 heavy (non-hydrogen) atoms. The van der Waals surface area contributed by atoms with Gasteiger partial charge in [-0.25, -0.2) is 13.8 Å². The zero-order valence-electron chi connectivity index (χ0n) is 10.6. The van der Waals surface area contributed by atoms with E-state index in [4.69, 9.17) is 0 Å². The lowest BCUT2D eigenvalue weighted by Crippen LogP contribution is -2.40. The highest BCUT2D eigenvalue weighted by Gasteiger charge is 2.19. The molecule has 2 heterocycles. The molecule has 4 nitrogen and oxygen atoms in total. The van der Waals surface area contributed by atoms with Crippen molar-refractivity contribution >= 4 is 11.6 Å². The molecule has 0 radical (unpaired) electrons. The molecule has 1 aromatic heterocycles. The Bertz CT molecular complexity index is 425. The third kappa shape index (κ3) is 2.87. The Labute approximate surface area is 105 Å². The number of anilines is 2. The summed E-state index contributed by atoms with van der Waals surface area (Å²) in [6.45, 7) is 1.90. The molecule has 1 aromatic rings. The van der Waals surface area contributed by atoms with Gasteiger partial charge in [0.25, 0.3) is 0 Å². The maximum Gasteiger partial charge on any atom is 0.168 e. The Hall–Kier alpha value is -1.43. The molecule has 1 atom stereocenters. The fourth-order valence-corrected chi connectivity index (χ4v) is 2.22. The fraction of sp³-hybridized carbons (Fsp3) is 0.583. The van der Waals surface area contributed by atoms with Crippen LogP contribution in [0.15, 0.2) is 6.07 Å². The molecule has 2 rings (SSSR count). The van der Waals surface area contributed by atoms with Gasteiger partial charge in [-0.15, -0.1) is 0 Å². The number of pyridine rings is 1. The van der Waals surface area contributed by atoms with Crippen LogP contribution in [0.5, 0.6) is 0 Å². The number of nitrogens with zero attached hydrogens (tertiary/aromatic N) is 2. The Morgan fingerprint density at radius 1 is 1.33 bits per heavy atom. The Balaban J connectivity index is 2.13. The largest absolute Gasteiger partial charge is 0.371 e. The lowest BCUT2D eigenvalue weighted by Gasteiger charge is -2.30. The first-order chi connectivity index (χ1) is 8.60. The van der Waals surface area contributed by atoms with E-state index < -0.39 is 11.6 Å². The molecule has 1 unspecified atom stereocenters. The number of likely N-dealkylation sites (N-methyl/N-ethyl adjacent to an activating group) is 1. The number of piperidine rings is 1. The molecule has 6 heteroatoms. The molecular formula is C12H18F2N4. The van der Waals surface area contributed by atoms with Gasteiger partial charge < -0.3 is 15.5 Å². The lowest BCUT2D eigenvalue weighted by atomic mass is 10.1. The summed E-state index contributed by atoms with van der Waals surface area (Å²) < 4.78 is 26.9. The molecule has 0 saturated carbocycles. The van der Waals surface area contributed by atoms with Crippen LogP contribution >= 0.6 is 0 Å². The zero-order chi connectivity index (χ0) is 13.1. The van der Waals surface area contributed by atoms with Crippen molar-refractivity contribution in [1.82, 2.24) is 9.88 Å². The molecule has 0 aromatic carbocycles. The van der Waals surface area contributed by atoms with Crippen molar-refractivity contribution in [2.45, 2.75) is 18.9 Å². The van der Waals surface area contributed by atoms with Gasteiger partial charge in [-0.3, -0.25) is 0 Å². The normalized spacial score (nSPS) is 20.8. The van der Waals surface area contributed by atoms with Crippen LogP contribution in [0.25, 0.3) is 0 Å². The Kier molecular flexibility index (Phi) is 3.96. The van der Waals surface area contributed by atoms with Gasteiger partial charge in [0, 0.05) is 25.7 Å².